The van der Waals surface area contributed by atoms with Crippen LogP contribution in [-0.2, 0) is 0 Å². The molecule has 0 radical (unpaired) electrons. The topological polar surface area (TPSA) is 88.0 Å². The largest absolute Gasteiger partial charge is 0.322 e. The summed E-state index contributed by atoms with van der Waals surface area (Å²) in [7, 11) is 0. The number of aromatic amines is 1. The molecule has 0 bridgehead atoms. The number of hydrogen-bond donors (Lipinski definition) is 2. The molecular weight excluding hydrogens is 347 g/mol. The molecule has 8 heteroatoms. The van der Waals surface area contributed by atoms with Gasteiger partial charge in [-0.15, -0.1) is 5.10 Å². The van der Waals surface area contributed by atoms with Crippen molar-refractivity contribution in [1.29, 1.82) is 0 Å². The van der Waals surface area contributed by atoms with Crippen molar-refractivity contribution in [3.63, 3.8) is 0 Å². The Morgan fingerprint density at radius 1 is 1.22 bits per heavy atom. The second kappa shape index (κ2) is 6.01. The highest BCUT2D eigenvalue weighted by molar-refractivity contribution is 6.06. The molecule has 0 aliphatic heterocycles. The third-order valence-corrected chi connectivity index (χ3v) is 4.56. The van der Waals surface area contributed by atoms with Crippen LogP contribution in [0.25, 0.3) is 5.52 Å². The summed E-state index contributed by atoms with van der Waals surface area (Å²) in [5.41, 5.74) is 2.15. The van der Waals surface area contributed by atoms with Crippen molar-refractivity contribution in [2.24, 2.45) is 0 Å². The van der Waals surface area contributed by atoms with Gasteiger partial charge in [0.15, 0.2) is 11.6 Å². The number of anilines is 2. The Kier molecular flexibility index (Phi) is 3.49. The molecule has 134 valence electrons. The molecule has 0 saturated heterocycles. The Morgan fingerprint density at radius 3 is 2.81 bits per heavy atom. The summed E-state index contributed by atoms with van der Waals surface area (Å²) in [5.74, 6) is 0.913. The van der Waals surface area contributed by atoms with Gasteiger partial charge in [-0.25, -0.2) is 13.9 Å². The maximum Gasteiger partial charge on any atom is 0.232 e. The summed E-state index contributed by atoms with van der Waals surface area (Å²) in [6.45, 7) is 0. The molecule has 3 heterocycles. The minimum atomic E-state index is -0.402. The van der Waals surface area contributed by atoms with E-state index in [2.05, 4.69) is 25.6 Å². The van der Waals surface area contributed by atoms with Crippen molar-refractivity contribution in [2.75, 3.05) is 5.32 Å². The number of aromatic nitrogens is 5. The standard InChI is InChI=1S/C19H15FN6O/c20-13-7-5-12(6-8-13)17(27)19-22-18(15-2-1-9-26(15)25-19)21-16-10-14(23-24-16)11-3-4-11/h1-2,5-11H,3-4H2,(H2,21,22,23,24,25). The number of fused-ring (bicyclic) bond motifs is 1. The Morgan fingerprint density at radius 2 is 2.04 bits per heavy atom. The van der Waals surface area contributed by atoms with Gasteiger partial charge in [-0.2, -0.15) is 5.10 Å². The second-order valence-corrected chi connectivity index (χ2v) is 6.57. The molecular formula is C19H15FN6O. The van der Waals surface area contributed by atoms with Crippen molar-refractivity contribution in [1.82, 2.24) is 24.8 Å². The molecule has 27 heavy (non-hydrogen) atoms. The lowest BCUT2D eigenvalue weighted by Gasteiger charge is -2.07. The van der Waals surface area contributed by atoms with E-state index in [1.54, 1.807) is 10.7 Å². The number of rotatable bonds is 5. The Labute approximate surface area is 153 Å². The van der Waals surface area contributed by atoms with Gasteiger partial charge in [0, 0.05) is 29.4 Å². The van der Waals surface area contributed by atoms with Crippen molar-refractivity contribution >= 4 is 22.9 Å². The Balaban J connectivity index is 1.52. The molecule has 2 N–H and O–H groups in total. The van der Waals surface area contributed by atoms with E-state index < -0.39 is 5.82 Å². The van der Waals surface area contributed by atoms with E-state index in [-0.39, 0.29) is 11.6 Å². The zero-order valence-electron chi connectivity index (χ0n) is 14.2. The van der Waals surface area contributed by atoms with Crippen LogP contribution in [0.4, 0.5) is 16.0 Å². The van der Waals surface area contributed by atoms with Crippen LogP contribution in [0.15, 0.2) is 48.7 Å². The molecule has 0 amide bonds. The number of nitrogens with one attached hydrogen (secondary N) is 2. The maximum absolute atomic E-state index is 13.1. The molecule has 1 aromatic carbocycles. The van der Waals surface area contributed by atoms with E-state index in [1.165, 1.54) is 37.1 Å². The SMILES string of the molecule is O=C(c1ccc(F)cc1)c1nc(Nc2cc(C3CC3)[nH]n2)c2cccn2n1. The van der Waals surface area contributed by atoms with Crippen LogP contribution >= 0.6 is 0 Å². The molecule has 1 aliphatic rings. The van der Waals surface area contributed by atoms with Gasteiger partial charge < -0.3 is 5.32 Å². The molecule has 0 spiro atoms. The van der Waals surface area contributed by atoms with Crippen molar-refractivity contribution in [2.45, 2.75) is 18.8 Å². The first-order valence-electron chi connectivity index (χ1n) is 8.65. The van der Waals surface area contributed by atoms with Crippen molar-refractivity contribution in [3.05, 3.63) is 71.6 Å². The minimum absolute atomic E-state index is 0.0192. The number of benzene rings is 1. The highest BCUT2D eigenvalue weighted by atomic mass is 19.1. The second-order valence-electron chi connectivity index (χ2n) is 6.57. The first-order chi connectivity index (χ1) is 13.2. The maximum atomic E-state index is 13.1. The predicted octanol–water partition coefficient (Wildman–Crippen LogP) is 3.44. The molecule has 4 aromatic rings. The van der Waals surface area contributed by atoms with Crippen LogP contribution < -0.4 is 5.32 Å². The van der Waals surface area contributed by atoms with E-state index >= 15 is 0 Å². The van der Waals surface area contributed by atoms with Gasteiger partial charge in [-0.3, -0.25) is 9.89 Å². The third kappa shape index (κ3) is 2.95. The third-order valence-electron chi connectivity index (χ3n) is 4.56. The van der Waals surface area contributed by atoms with Gasteiger partial charge in [0.1, 0.15) is 11.3 Å². The number of carbonyl (C=O) groups is 1. The van der Waals surface area contributed by atoms with E-state index in [1.807, 2.05) is 18.2 Å². The van der Waals surface area contributed by atoms with Crippen LogP contribution in [0.5, 0.6) is 0 Å². The Bertz CT molecular complexity index is 1140. The van der Waals surface area contributed by atoms with Crippen LogP contribution in [-0.4, -0.2) is 30.6 Å². The number of H-pyrrole nitrogens is 1. The monoisotopic (exact) mass is 362 g/mol. The van der Waals surface area contributed by atoms with Gasteiger partial charge in [0.25, 0.3) is 0 Å². The quantitative estimate of drug-likeness (QED) is 0.531. The minimum Gasteiger partial charge on any atom is -0.322 e. The fourth-order valence-corrected chi connectivity index (χ4v) is 2.98. The number of nitrogens with zero attached hydrogens (tertiary/aromatic N) is 4. The summed E-state index contributed by atoms with van der Waals surface area (Å²) in [6, 6.07) is 11.0. The summed E-state index contributed by atoms with van der Waals surface area (Å²) in [5, 5.41) is 14.7. The first kappa shape index (κ1) is 15.7. The van der Waals surface area contributed by atoms with Crippen molar-refractivity contribution < 1.29 is 9.18 Å². The average Bonchev–Trinajstić information content (AvgIpc) is 3.23. The van der Waals surface area contributed by atoms with Crippen LogP contribution in [0.2, 0.25) is 0 Å². The van der Waals surface area contributed by atoms with Crippen LogP contribution in [0.1, 0.15) is 40.6 Å². The summed E-state index contributed by atoms with van der Waals surface area (Å²) < 4.78 is 14.7. The molecule has 1 fully saturated rings. The van der Waals surface area contributed by atoms with Gasteiger partial charge in [0.2, 0.25) is 11.6 Å². The summed E-state index contributed by atoms with van der Waals surface area (Å²) in [4.78, 5) is 17.1. The molecule has 7 nitrogen and oxygen atoms in total. The number of carbonyl (C=O) groups excluding carboxylic acids is 1. The molecule has 1 aliphatic carbocycles. The fourth-order valence-electron chi connectivity index (χ4n) is 2.98. The molecule has 0 unspecified atom stereocenters. The highest BCUT2D eigenvalue weighted by Crippen LogP contribution is 2.39. The zero-order chi connectivity index (χ0) is 18.4. The smallest absolute Gasteiger partial charge is 0.232 e. The Hall–Kier alpha value is -3.55. The summed E-state index contributed by atoms with van der Waals surface area (Å²) >= 11 is 0. The lowest BCUT2D eigenvalue weighted by molar-refractivity contribution is 0.102. The lowest BCUT2D eigenvalue weighted by atomic mass is 10.1. The van der Waals surface area contributed by atoms with Gasteiger partial charge >= 0.3 is 0 Å². The normalized spacial score (nSPS) is 13.8. The highest BCUT2D eigenvalue weighted by Gasteiger charge is 2.25. The first-order valence-corrected chi connectivity index (χ1v) is 8.65. The van der Waals surface area contributed by atoms with Crippen molar-refractivity contribution in [3.8, 4) is 0 Å². The number of halogens is 1. The van der Waals surface area contributed by atoms with E-state index in [4.69, 9.17) is 0 Å². The predicted molar refractivity (Wildman–Crippen MR) is 96.7 cm³/mol. The average molecular weight is 362 g/mol. The fraction of sp³-hybridized carbons (Fsp3) is 0.158. The van der Waals surface area contributed by atoms with Crippen LogP contribution in [0.3, 0.4) is 0 Å². The van der Waals surface area contributed by atoms with Gasteiger partial charge in [-0.05, 0) is 49.2 Å². The van der Waals surface area contributed by atoms with E-state index in [0.29, 0.717) is 23.1 Å². The molecule has 1 saturated carbocycles. The molecule has 3 aromatic heterocycles. The molecule has 5 rings (SSSR count). The lowest BCUT2D eigenvalue weighted by Crippen LogP contribution is -2.12. The van der Waals surface area contributed by atoms with E-state index in [0.717, 1.165) is 11.2 Å². The zero-order valence-corrected chi connectivity index (χ0v) is 14.2. The number of ketones is 1. The van der Waals surface area contributed by atoms with E-state index in [9.17, 15) is 9.18 Å². The summed E-state index contributed by atoms with van der Waals surface area (Å²) in [6.07, 6.45) is 4.09. The van der Waals surface area contributed by atoms with Gasteiger partial charge in [0.05, 0.1) is 0 Å². The number of hydrogen-bond acceptors (Lipinski definition) is 5. The van der Waals surface area contributed by atoms with Gasteiger partial charge in [-0.1, -0.05) is 0 Å². The molecule has 0 atom stereocenters. The van der Waals surface area contributed by atoms with Crippen LogP contribution in [0, 0.1) is 5.82 Å².